The van der Waals surface area contributed by atoms with Gasteiger partial charge in [-0.2, -0.15) is 0 Å². The molecule has 3 aromatic rings. The van der Waals surface area contributed by atoms with Gasteiger partial charge in [0.1, 0.15) is 5.69 Å². The number of thiazole rings is 1. The summed E-state index contributed by atoms with van der Waals surface area (Å²) in [4.78, 5) is 35.6. The third-order valence-electron chi connectivity index (χ3n) is 4.64. The van der Waals surface area contributed by atoms with Crippen molar-refractivity contribution in [2.75, 3.05) is 12.4 Å². The van der Waals surface area contributed by atoms with Crippen molar-refractivity contribution in [3.8, 4) is 0 Å². The minimum absolute atomic E-state index is 0.0995. The lowest BCUT2D eigenvalue weighted by Gasteiger charge is -2.33. The van der Waals surface area contributed by atoms with E-state index in [4.69, 9.17) is 5.73 Å². The van der Waals surface area contributed by atoms with E-state index in [0.29, 0.717) is 11.4 Å². The van der Waals surface area contributed by atoms with Crippen molar-refractivity contribution >= 4 is 39.8 Å². The number of benzene rings is 1. The van der Waals surface area contributed by atoms with Crippen LogP contribution in [-0.2, 0) is 10.3 Å². The average Bonchev–Trinajstić information content (AvgIpc) is 3.22. The summed E-state index contributed by atoms with van der Waals surface area (Å²) < 4.78 is 1.80. The Hall–Kier alpha value is -3.20. The van der Waals surface area contributed by atoms with E-state index in [1.807, 2.05) is 36.7 Å². The highest BCUT2D eigenvalue weighted by atomic mass is 32.1. The normalized spacial score (nSPS) is 20.0. The Morgan fingerprint density at radius 1 is 1.41 bits per heavy atom. The molecule has 0 saturated carbocycles. The van der Waals surface area contributed by atoms with Crippen LogP contribution in [0, 0.1) is 0 Å². The van der Waals surface area contributed by atoms with Gasteiger partial charge in [-0.05, 0) is 24.6 Å². The van der Waals surface area contributed by atoms with Crippen LogP contribution in [0.25, 0.3) is 4.96 Å². The number of rotatable bonds is 3. The molecule has 138 valence electrons. The van der Waals surface area contributed by atoms with Crippen LogP contribution >= 0.6 is 11.3 Å². The molecule has 8 nitrogen and oxygen atoms in total. The summed E-state index contributed by atoms with van der Waals surface area (Å²) in [5, 5.41) is 4.76. The van der Waals surface area contributed by atoms with E-state index in [9.17, 15) is 9.59 Å². The Balaban J connectivity index is 1.60. The first-order valence-corrected chi connectivity index (χ1v) is 9.20. The number of hydrogen-bond donors (Lipinski definition) is 2. The number of nitrogens with one attached hydrogen (secondary N) is 1. The summed E-state index contributed by atoms with van der Waals surface area (Å²) in [5.74, 6) is -0.213. The summed E-state index contributed by atoms with van der Waals surface area (Å²) in [7, 11) is 1.60. The van der Waals surface area contributed by atoms with Gasteiger partial charge in [-0.1, -0.05) is 12.1 Å². The van der Waals surface area contributed by atoms with Crippen molar-refractivity contribution < 1.29 is 9.59 Å². The molecular weight excluding hydrogens is 364 g/mol. The molecule has 2 amide bonds. The molecule has 0 saturated heterocycles. The quantitative estimate of drug-likeness (QED) is 0.723. The van der Waals surface area contributed by atoms with E-state index in [1.165, 1.54) is 16.2 Å². The van der Waals surface area contributed by atoms with Crippen LogP contribution in [0.4, 0.5) is 5.69 Å². The van der Waals surface area contributed by atoms with Gasteiger partial charge in [0.05, 0.1) is 12.0 Å². The molecule has 1 aliphatic rings. The smallest absolute Gasteiger partial charge is 0.275 e. The first-order valence-electron chi connectivity index (χ1n) is 8.32. The van der Waals surface area contributed by atoms with Crippen molar-refractivity contribution in [3.63, 3.8) is 0 Å². The molecular formula is C18H18N6O2S. The zero-order chi connectivity index (χ0) is 19.2. The molecule has 0 spiro atoms. The van der Waals surface area contributed by atoms with Crippen LogP contribution in [0.2, 0.25) is 0 Å². The summed E-state index contributed by atoms with van der Waals surface area (Å²) in [6, 6.07) is 7.28. The number of anilines is 1. The zero-order valence-corrected chi connectivity index (χ0v) is 15.7. The second-order valence-corrected chi connectivity index (χ2v) is 7.50. The number of imidazole rings is 1. The van der Waals surface area contributed by atoms with Crippen LogP contribution in [0.1, 0.15) is 29.4 Å². The summed E-state index contributed by atoms with van der Waals surface area (Å²) in [6.45, 7) is 1.86. The Kier molecular flexibility index (Phi) is 3.96. The summed E-state index contributed by atoms with van der Waals surface area (Å²) >= 11 is 1.46. The van der Waals surface area contributed by atoms with E-state index in [2.05, 4.69) is 15.3 Å². The van der Waals surface area contributed by atoms with E-state index < -0.39 is 5.54 Å². The molecule has 3 heterocycles. The standard InChI is InChI=1S/C18H18N6O2S/c1-18(9-14(25)23(2)16(19)22-18)11-4-3-5-12(8-11)20-15(26)13-10-24-6-7-27-17(24)21-13/h3-8,10H,9H2,1-2H3,(H2,19,22)(H,20,26). The topological polar surface area (TPSA) is 105 Å². The molecule has 3 N–H and O–H groups in total. The Morgan fingerprint density at radius 2 is 2.22 bits per heavy atom. The summed E-state index contributed by atoms with van der Waals surface area (Å²) in [5.41, 5.74) is 6.86. The third kappa shape index (κ3) is 3.06. The van der Waals surface area contributed by atoms with Gasteiger partial charge in [-0.3, -0.25) is 18.9 Å². The highest BCUT2D eigenvalue weighted by molar-refractivity contribution is 7.15. The van der Waals surface area contributed by atoms with Crippen molar-refractivity contribution in [1.82, 2.24) is 14.3 Å². The fraction of sp³-hybridized carbons (Fsp3) is 0.222. The highest BCUT2D eigenvalue weighted by Gasteiger charge is 2.36. The lowest BCUT2D eigenvalue weighted by molar-refractivity contribution is -0.128. The molecule has 4 rings (SSSR count). The van der Waals surface area contributed by atoms with Crippen LogP contribution < -0.4 is 11.1 Å². The van der Waals surface area contributed by atoms with Crippen molar-refractivity contribution in [3.05, 3.63) is 53.3 Å². The molecule has 0 fully saturated rings. The molecule has 1 unspecified atom stereocenters. The lowest BCUT2D eigenvalue weighted by Crippen LogP contribution is -2.47. The van der Waals surface area contributed by atoms with Crippen LogP contribution in [-0.4, -0.2) is 39.1 Å². The number of nitrogens with two attached hydrogens (primary N) is 1. The fourth-order valence-electron chi connectivity index (χ4n) is 3.04. The monoisotopic (exact) mass is 382 g/mol. The number of aliphatic imine (C=N–C) groups is 1. The second kappa shape index (κ2) is 6.20. The number of hydrogen-bond acceptors (Lipinski definition) is 6. The van der Waals surface area contributed by atoms with Crippen molar-refractivity contribution in [2.45, 2.75) is 18.9 Å². The number of nitrogens with zero attached hydrogens (tertiary/aromatic N) is 4. The van der Waals surface area contributed by atoms with Gasteiger partial charge in [0.25, 0.3) is 5.91 Å². The van der Waals surface area contributed by atoms with E-state index >= 15 is 0 Å². The molecule has 27 heavy (non-hydrogen) atoms. The number of fused-ring (bicyclic) bond motifs is 1. The van der Waals surface area contributed by atoms with Gasteiger partial charge < -0.3 is 11.1 Å². The lowest BCUT2D eigenvalue weighted by atomic mass is 9.87. The molecule has 1 aromatic carbocycles. The number of carbonyl (C=O) groups excluding carboxylic acids is 2. The minimum atomic E-state index is -0.772. The summed E-state index contributed by atoms with van der Waals surface area (Å²) in [6.07, 6.45) is 3.75. The zero-order valence-electron chi connectivity index (χ0n) is 14.8. The fourth-order valence-corrected chi connectivity index (χ4v) is 3.74. The van der Waals surface area contributed by atoms with Gasteiger partial charge >= 0.3 is 0 Å². The molecule has 1 atom stereocenters. The highest BCUT2D eigenvalue weighted by Crippen LogP contribution is 2.34. The Morgan fingerprint density at radius 3 is 2.96 bits per heavy atom. The Labute approximate surface area is 159 Å². The minimum Gasteiger partial charge on any atom is -0.369 e. The number of carbonyl (C=O) groups is 2. The van der Waals surface area contributed by atoms with E-state index in [0.717, 1.165) is 10.5 Å². The van der Waals surface area contributed by atoms with Crippen LogP contribution in [0.5, 0.6) is 0 Å². The van der Waals surface area contributed by atoms with E-state index in [-0.39, 0.29) is 24.2 Å². The Bertz CT molecular complexity index is 1060. The number of amides is 2. The largest absolute Gasteiger partial charge is 0.369 e. The third-order valence-corrected chi connectivity index (χ3v) is 5.41. The van der Waals surface area contributed by atoms with Gasteiger partial charge in [0, 0.05) is 30.5 Å². The first kappa shape index (κ1) is 17.2. The van der Waals surface area contributed by atoms with E-state index in [1.54, 1.807) is 23.7 Å². The van der Waals surface area contributed by atoms with Gasteiger partial charge in [-0.25, -0.2) is 9.98 Å². The van der Waals surface area contributed by atoms with Crippen molar-refractivity contribution in [2.24, 2.45) is 10.7 Å². The molecule has 2 aromatic heterocycles. The van der Waals surface area contributed by atoms with Crippen LogP contribution in [0.3, 0.4) is 0 Å². The maximum atomic E-state index is 12.5. The predicted molar refractivity (Wildman–Crippen MR) is 104 cm³/mol. The SMILES string of the molecule is CN1C(=O)CC(C)(c2cccc(NC(=O)c3cn4ccsc4n3)c2)N=C1N. The maximum absolute atomic E-state index is 12.5. The average molecular weight is 382 g/mol. The van der Waals surface area contributed by atoms with Crippen molar-refractivity contribution in [1.29, 1.82) is 0 Å². The first-order chi connectivity index (χ1) is 12.9. The molecule has 9 heteroatoms. The molecule has 0 bridgehead atoms. The number of guanidine groups is 1. The number of aromatic nitrogens is 2. The maximum Gasteiger partial charge on any atom is 0.275 e. The van der Waals surface area contributed by atoms with Gasteiger partial charge in [0.2, 0.25) is 5.91 Å². The van der Waals surface area contributed by atoms with Gasteiger partial charge in [0.15, 0.2) is 10.9 Å². The predicted octanol–water partition coefficient (Wildman–Crippen LogP) is 2.04. The van der Waals surface area contributed by atoms with Gasteiger partial charge in [-0.15, -0.1) is 11.3 Å². The molecule has 0 aliphatic carbocycles. The van der Waals surface area contributed by atoms with Crippen LogP contribution in [0.15, 0.2) is 47.0 Å². The molecule has 1 aliphatic heterocycles. The molecule has 0 radical (unpaired) electrons. The second-order valence-electron chi connectivity index (χ2n) is 6.63.